The summed E-state index contributed by atoms with van der Waals surface area (Å²) in [7, 11) is 0. The van der Waals surface area contributed by atoms with Crippen LogP contribution in [0.25, 0.3) is 0 Å². The Morgan fingerprint density at radius 2 is 2.00 bits per heavy atom. The van der Waals surface area contributed by atoms with E-state index in [9.17, 15) is 9.90 Å². The normalized spacial score (nSPS) is 17.5. The van der Waals surface area contributed by atoms with Gasteiger partial charge in [-0.25, -0.2) is 0 Å². The Kier molecular flexibility index (Phi) is 2.38. The first kappa shape index (κ1) is 10.7. The number of hydrogen-bond donors (Lipinski definition) is 1. The van der Waals surface area contributed by atoms with Crippen molar-refractivity contribution in [3.63, 3.8) is 0 Å². The molecule has 0 atom stereocenters. The van der Waals surface area contributed by atoms with Gasteiger partial charge < -0.3 is 5.11 Å². The predicted molar refractivity (Wildman–Crippen MR) is 62.2 cm³/mol. The molecule has 0 saturated heterocycles. The lowest BCUT2D eigenvalue weighted by molar-refractivity contribution is -0.140. The van der Waals surface area contributed by atoms with Crippen molar-refractivity contribution in [3.8, 4) is 0 Å². The van der Waals surface area contributed by atoms with Gasteiger partial charge in [0.15, 0.2) is 0 Å². The number of benzene rings is 1. The summed E-state index contributed by atoms with van der Waals surface area (Å²) in [4.78, 5) is 11.2. The Labute approximate surface area is 97.4 Å². The molecule has 0 aromatic heterocycles. The van der Waals surface area contributed by atoms with Crippen LogP contribution in [0.5, 0.6) is 0 Å². The maximum atomic E-state index is 11.2. The van der Waals surface area contributed by atoms with E-state index in [2.05, 4.69) is 15.9 Å². The molecular weight excluding hydrogens is 256 g/mol. The van der Waals surface area contributed by atoms with Crippen LogP contribution in [0.1, 0.15) is 29.5 Å². The summed E-state index contributed by atoms with van der Waals surface area (Å²) in [6.07, 6.45) is 1.53. The summed E-state index contributed by atoms with van der Waals surface area (Å²) >= 11 is 3.51. The second-order valence-corrected chi connectivity index (χ2v) is 5.05. The largest absolute Gasteiger partial charge is 0.481 e. The summed E-state index contributed by atoms with van der Waals surface area (Å²) in [6.45, 7) is 4.00. The van der Waals surface area contributed by atoms with Crippen LogP contribution >= 0.6 is 15.9 Å². The molecule has 0 spiro atoms. The molecule has 1 aromatic rings. The molecular formula is C12H13BrO2. The van der Waals surface area contributed by atoms with E-state index < -0.39 is 11.4 Å². The minimum absolute atomic E-state index is 0.597. The van der Waals surface area contributed by atoms with Gasteiger partial charge in [0.2, 0.25) is 0 Å². The van der Waals surface area contributed by atoms with Gasteiger partial charge in [0.1, 0.15) is 0 Å². The van der Waals surface area contributed by atoms with E-state index in [4.69, 9.17) is 0 Å². The maximum absolute atomic E-state index is 11.2. The third kappa shape index (κ3) is 1.49. The zero-order valence-electron chi connectivity index (χ0n) is 8.80. The maximum Gasteiger partial charge on any atom is 0.314 e. The summed E-state index contributed by atoms with van der Waals surface area (Å²) < 4.78 is 1.03. The molecule has 0 radical (unpaired) electrons. The zero-order valence-corrected chi connectivity index (χ0v) is 10.4. The molecule has 1 aliphatic rings. The first-order chi connectivity index (χ1) is 6.99. The Balaban J connectivity index is 2.55. The van der Waals surface area contributed by atoms with Gasteiger partial charge in [0.25, 0.3) is 0 Å². The van der Waals surface area contributed by atoms with Gasteiger partial charge >= 0.3 is 5.97 Å². The first-order valence-corrected chi connectivity index (χ1v) is 5.78. The summed E-state index contributed by atoms with van der Waals surface area (Å²) in [5.74, 6) is -0.693. The zero-order chi connectivity index (χ0) is 11.2. The topological polar surface area (TPSA) is 37.3 Å². The number of hydrogen-bond acceptors (Lipinski definition) is 1. The van der Waals surface area contributed by atoms with E-state index in [0.717, 1.165) is 34.0 Å². The number of aliphatic carboxylic acids is 1. The van der Waals surface area contributed by atoms with E-state index in [1.807, 2.05) is 26.0 Å². The number of aryl methyl sites for hydroxylation is 1. The summed E-state index contributed by atoms with van der Waals surface area (Å²) in [5, 5.41) is 9.23. The highest BCUT2D eigenvalue weighted by Crippen LogP contribution is 2.50. The molecule has 0 amide bonds. The van der Waals surface area contributed by atoms with Gasteiger partial charge in [0.05, 0.1) is 5.41 Å². The van der Waals surface area contributed by atoms with E-state index >= 15 is 0 Å². The lowest BCUT2D eigenvalue weighted by atomic mass is 9.91. The fraction of sp³-hybridized carbons (Fsp3) is 0.417. The van der Waals surface area contributed by atoms with Crippen molar-refractivity contribution in [2.75, 3.05) is 0 Å². The molecule has 2 nitrogen and oxygen atoms in total. The second kappa shape index (κ2) is 3.34. The van der Waals surface area contributed by atoms with Gasteiger partial charge in [-0.2, -0.15) is 0 Å². The molecule has 1 saturated carbocycles. The quantitative estimate of drug-likeness (QED) is 0.895. The monoisotopic (exact) mass is 268 g/mol. The molecule has 15 heavy (non-hydrogen) atoms. The molecule has 1 fully saturated rings. The lowest BCUT2D eigenvalue weighted by Crippen LogP contribution is -2.20. The van der Waals surface area contributed by atoms with Crippen molar-refractivity contribution in [1.29, 1.82) is 0 Å². The molecule has 1 aromatic carbocycles. The van der Waals surface area contributed by atoms with Gasteiger partial charge in [0, 0.05) is 4.47 Å². The van der Waals surface area contributed by atoms with Crippen molar-refractivity contribution in [2.45, 2.75) is 32.1 Å². The number of carboxylic acids is 1. The van der Waals surface area contributed by atoms with Crippen molar-refractivity contribution in [3.05, 3.63) is 33.3 Å². The van der Waals surface area contributed by atoms with Crippen molar-refractivity contribution >= 4 is 21.9 Å². The molecule has 80 valence electrons. The summed E-state index contributed by atoms with van der Waals surface area (Å²) in [6, 6.07) is 3.94. The van der Waals surface area contributed by atoms with Crippen LogP contribution in [0.15, 0.2) is 16.6 Å². The van der Waals surface area contributed by atoms with Crippen molar-refractivity contribution in [2.24, 2.45) is 0 Å². The molecule has 3 heteroatoms. The van der Waals surface area contributed by atoms with Crippen molar-refractivity contribution < 1.29 is 9.90 Å². The van der Waals surface area contributed by atoms with Crippen LogP contribution in [0.4, 0.5) is 0 Å². The van der Waals surface area contributed by atoms with Gasteiger partial charge in [-0.05, 0) is 43.4 Å². The second-order valence-electron chi connectivity index (χ2n) is 4.26. The average molecular weight is 269 g/mol. The molecule has 0 bridgehead atoms. The molecule has 2 rings (SSSR count). The molecule has 0 unspecified atom stereocenters. The van der Waals surface area contributed by atoms with Gasteiger partial charge in [-0.1, -0.05) is 28.1 Å². The van der Waals surface area contributed by atoms with Crippen LogP contribution in [0.2, 0.25) is 0 Å². The SMILES string of the molecule is Cc1ccc(C2(C(=O)O)CC2)c(C)c1Br. The van der Waals surface area contributed by atoms with Crippen LogP contribution in [-0.2, 0) is 10.2 Å². The van der Waals surface area contributed by atoms with Crippen LogP contribution in [0.3, 0.4) is 0 Å². The van der Waals surface area contributed by atoms with E-state index in [-0.39, 0.29) is 0 Å². The standard InChI is InChI=1S/C12H13BrO2/c1-7-3-4-9(8(2)10(7)13)12(5-6-12)11(14)15/h3-4H,5-6H2,1-2H3,(H,14,15). The molecule has 0 heterocycles. The number of rotatable bonds is 2. The Morgan fingerprint density at radius 3 is 2.47 bits per heavy atom. The van der Waals surface area contributed by atoms with Crippen LogP contribution in [0, 0.1) is 13.8 Å². The van der Waals surface area contributed by atoms with Gasteiger partial charge in [-0.3, -0.25) is 4.79 Å². The highest BCUT2D eigenvalue weighted by Gasteiger charge is 2.52. The molecule has 1 aliphatic carbocycles. The van der Waals surface area contributed by atoms with E-state index in [0.29, 0.717) is 0 Å². The van der Waals surface area contributed by atoms with Gasteiger partial charge in [-0.15, -0.1) is 0 Å². The third-order valence-electron chi connectivity index (χ3n) is 3.25. The minimum atomic E-state index is -0.693. The number of carboxylic acid groups (broad SMARTS) is 1. The highest BCUT2D eigenvalue weighted by molar-refractivity contribution is 9.10. The number of halogens is 1. The average Bonchev–Trinajstić information content (AvgIpc) is 2.95. The lowest BCUT2D eigenvalue weighted by Gasteiger charge is -2.15. The van der Waals surface area contributed by atoms with E-state index in [1.54, 1.807) is 0 Å². The smallest absolute Gasteiger partial charge is 0.314 e. The molecule has 0 aliphatic heterocycles. The fourth-order valence-electron chi connectivity index (χ4n) is 2.06. The minimum Gasteiger partial charge on any atom is -0.481 e. The molecule has 1 N–H and O–H groups in total. The Bertz CT molecular complexity index is 433. The summed E-state index contributed by atoms with van der Waals surface area (Å²) in [5.41, 5.74) is 2.58. The predicted octanol–water partition coefficient (Wildman–Crippen LogP) is 3.18. The first-order valence-electron chi connectivity index (χ1n) is 4.98. The Hall–Kier alpha value is -0.830. The third-order valence-corrected chi connectivity index (χ3v) is 4.47. The Morgan fingerprint density at radius 1 is 1.40 bits per heavy atom. The number of carbonyl (C=O) groups is 1. The fourth-order valence-corrected chi connectivity index (χ4v) is 2.41. The van der Waals surface area contributed by atoms with Crippen LogP contribution < -0.4 is 0 Å². The van der Waals surface area contributed by atoms with Crippen LogP contribution in [-0.4, -0.2) is 11.1 Å². The van der Waals surface area contributed by atoms with Crippen molar-refractivity contribution in [1.82, 2.24) is 0 Å². The highest BCUT2D eigenvalue weighted by atomic mass is 79.9. The van der Waals surface area contributed by atoms with E-state index in [1.165, 1.54) is 0 Å².